The summed E-state index contributed by atoms with van der Waals surface area (Å²) in [5.41, 5.74) is 1.09. The molecule has 0 saturated heterocycles. The van der Waals surface area contributed by atoms with Crippen molar-refractivity contribution in [2.75, 3.05) is 14.2 Å². The molecule has 0 saturated carbocycles. The number of pyridine rings is 1. The van der Waals surface area contributed by atoms with E-state index in [1.54, 1.807) is 26.4 Å². The minimum atomic E-state index is -1.65. The zero-order chi connectivity index (χ0) is 15.9. The second-order valence-corrected chi connectivity index (χ2v) is 7.01. The van der Waals surface area contributed by atoms with Crippen molar-refractivity contribution in [3.63, 3.8) is 0 Å². The zero-order valence-electron chi connectivity index (χ0n) is 11.9. The number of alkyl halides is 3. The summed E-state index contributed by atoms with van der Waals surface area (Å²) in [5.74, 6) is 1.25. The SMILES string of the molecule is COc1cc(OC)c2c(c1)c(C(Cl)(Cl)Cl)nc1ccccc12. The van der Waals surface area contributed by atoms with Gasteiger partial charge >= 0.3 is 0 Å². The number of hydrogen-bond donors (Lipinski definition) is 0. The van der Waals surface area contributed by atoms with Crippen LogP contribution in [0.4, 0.5) is 0 Å². The molecule has 0 bridgehead atoms. The number of aromatic nitrogens is 1. The standard InChI is InChI=1S/C16H12Cl3NO2/c1-21-9-7-11-14(13(8-9)22-2)10-5-3-4-6-12(10)20-15(11)16(17,18)19/h3-8H,1-2H3. The Morgan fingerprint density at radius 1 is 0.955 bits per heavy atom. The molecule has 114 valence electrons. The third-order valence-electron chi connectivity index (χ3n) is 3.46. The molecular weight excluding hydrogens is 345 g/mol. The quantitative estimate of drug-likeness (QED) is 0.465. The van der Waals surface area contributed by atoms with E-state index in [4.69, 9.17) is 44.3 Å². The summed E-state index contributed by atoms with van der Waals surface area (Å²) in [7, 11) is 3.17. The van der Waals surface area contributed by atoms with Crippen molar-refractivity contribution in [1.82, 2.24) is 4.98 Å². The van der Waals surface area contributed by atoms with Gasteiger partial charge in [-0.05, 0) is 12.1 Å². The van der Waals surface area contributed by atoms with E-state index in [1.165, 1.54) is 0 Å². The zero-order valence-corrected chi connectivity index (χ0v) is 14.1. The van der Waals surface area contributed by atoms with E-state index in [-0.39, 0.29) is 0 Å². The molecule has 0 unspecified atom stereocenters. The van der Waals surface area contributed by atoms with Gasteiger partial charge in [0.1, 0.15) is 17.2 Å². The van der Waals surface area contributed by atoms with Gasteiger partial charge in [0, 0.05) is 22.2 Å². The molecule has 3 rings (SSSR count). The van der Waals surface area contributed by atoms with Crippen molar-refractivity contribution >= 4 is 56.5 Å². The molecule has 0 aliphatic rings. The first-order valence-corrected chi connectivity index (χ1v) is 7.60. The van der Waals surface area contributed by atoms with Crippen LogP contribution in [0.1, 0.15) is 5.69 Å². The molecule has 0 atom stereocenters. The fourth-order valence-corrected chi connectivity index (χ4v) is 2.95. The Morgan fingerprint density at radius 3 is 2.32 bits per heavy atom. The molecule has 0 amide bonds. The number of halogens is 3. The van der Waals surface area contributed by atoms with E-state index in [9.17, 15) is 0 Å². The normalized spacial score (nSPS) is 11.9. The monoisotopic (exact) mass is 355 g/mol. The average Bonchev–Trinajstić information content (AvgIpc) is 2.51. The minimum absolute atomic E-state index is 0.350. The Hall–Kier alpha value is -1.42. The van der Waals surface area contributed by atoms with E-state index in [1.807, 2.05) is 24.3 Å². The maximum Gasteiger partial charge on any atom is 0.233 e. The lowest BCUT2D eigenvalue weighted by Crippen LogP contribution is -2.06. The number of para-hydroxylation sites is 1. The van der Waals surface area contributed by atoms with Crippen molar-refractivity contribution in [3.8, 4) is 11.5 Å². The van der Waals surface area contributed by atoms with Crippen molar-refractivity contribution in [1.29, 1.82) is 0 Å². The van der Waals surface area contributed by atoms with Crippen molar-refractivity contribution in [2.24, 2.45) is 0 Å². The van der Waals surface area contributed by atoms with Gasteiger partial charge in [0.05, 0.1) is 19.7 Å². The van der Waals surface area contributed by atoms with Crippen molar-refractivity contribution in [3.05, 3.63) is 42.1 Å². The lowest BCUT2D eigenvalue weighted by atomic mass is 10.0. The lowest BCUT2D eigenvalue weighted by molar-refractivity contribution is 0.398. The number of ether oxygens (including phenoxy) is 2. The highest BCUT2D eigenvalue weighted by Crippen LogP contribution is 2.45. The maximum absolute atomic E-state index is 6.12. The Kier molecular flexibility index (Phi) is 3.98. The van der Waals surface area contributed by atoms with Crippen LogP contribution >= 0.6 is 34.8 Å². The molecule has 0 aliphatic carbocycles. The summed E-state index contributed by atoms with van der Waals surface area (Å²) in [6.07, 6.45) is 0. The Morgan fingerprint density at radius 2 is 1.68 bits per heavy atom. The van der Waals surface area contributed by atoms with E-state index in [2.05, 4.69) is 4.98 Å². The van der Waals surface area contributed by atoms with E-state index in [0.717, 1.165) is 16.3 Å². The molecule has 6 heteroatoms. The molecule has 2 aromatic carbocycles. The van der Waals surface area contributed by atoms with Gasteiger partial charge in [0.2, 0.25) is 3.79 Å². The molecule has 1 aromatic heterocycles. The van der Waals surface area contributed by atoms with Gasteiger partial charge in [-0.1, -0.05) is 53.0 Å². The molecular formula is C16H12Cl3NO2. The van der Waals surface area contributed by atoms with Gasteiger partial charge in [-0.15, -0.1) is 0 Å². The molecule has 1 heterocycles. The molecule has 3 aromatic rings. The molecule has 3 nitrogen and oxygen atoms in total. The summed E-state index contributed by atoms with van der Waals surface area (Å²) in [5, 5.41) is 2.46. The minimum Gasteiger partial charge on any atom is -0.497 e. The second kappa shape index (κ2) is 5.65. The highest BCUT2D eigenvalue weighted by atomic mass is 35.6. The van der Waals surface area contributed by atoms with Gasteiger partial charge in [-0.2, -0.15) is 0 Å². The number of hydrogen-bond acceptors (Lipinski definition) is 3. The average molecular weight is 357 g/mol. The van der Waals surface area contributed by atoms with E-state index >= 15 is 0 Å². The van der Waals surface area contributed by atoms with E-state index in [0.29, 0.717) is 22.6 Å². The van der Waals surface area contributed by atoms with Crippen LogP contribution in [0, 0.1) is 0 Å². The van der Waals surface area contributed by atoms with Crippen LogP contribution in [-0.4, -0.2) is 19.2 Å². The first-order valence-electron chi connectivity index (χ1n) is 6.47. The molecule has 0 spiro atoms. The van der Waals surface area contributed by atoms with Gasteiger partial charge in [-0.3, -0.25) is 0 Å². The topological polar surface area (TPSA) is 31.4 Å². The number of fused-ring (bicyclic) bond motifs is 3. The Balaban J connectivity index is 2.58. The maximum atomic E-state index is 6.12. The second-order valence-electron chi connectivity index (χ2n) is 4.73. The number of rotatable bonds is 2. The number of benzene rings is 2. The summed E-state index contributed by atoms with van der Waals surface area (Å²) >= 11 is 18.3. The molecule has 0 aliphatic heterocycles. The van der Waals surface area contributed by atoms with Gasteiger partial charge in [0.15, 0.2) is 0 Å². The smallest absolute Gasteiger partial charge is 0.233 e. The van der Waals surface area contributed by atoms with Crippen LogP contribution in [0.15, 0.2) is 36.4 Å². The van der Waals surface area contributed by atoms with Crippen LogP contribution in [0.3, 0.4) is 0 Å². The van der Waals surface area contributed by atoms with Crippen LogP contribution in [0.2, 0.25) is 0 Å². The summed E-state index contributed by atoms with van der Waals surface area (Å²) in [6, 6.07) is 11.3. The molecule has 0 N–H and O–H groups in total. The fourth-order valence-electron chi connectivity index (χ4n) is 2.51. The van der Waals surface area contributed by atoms with Crippen LogP contribution in [0.25, 0.3) is 21.7 Å². The Bertz CT molecular complexity index is 859. The highest BCUT2D eigenvalue weighted by Gasteiger charge is 2.29. The first kappa shape index (κ1) is 15.5. The first-order chi connectivity index (χ1) is 10.5. The number of methoxy groups -OCH3 is 2. The Labute approximate surface area is 142 Å². The predicted octanol–water partition coefficient (Wildman–Crippen LogP) is 5.23. The van der Waals surface area contributed by atoms with Gasteiger partial charge < -0.3 is 9.47 Å². The van der Waals surface area contributed by atoms with Gasteiger partial charge in [0.25, 0.3) is 0 Å². The largest absolute Gasteiger partial charge is 0.497 e. The molecule has 22 heavy (non-hydrogen) atoms. The summed E-state index contributed by atoms with van der Waals surface area (Å²) in [4.78, 5) is 4.52. The number of nitrogens with zero attached hydrogens (tertiary/aromatic N) is 1. The molecule has 0 fully saturated rings. The van der Waals surface area contributed by atoms with Gasteiger partial charge in [-0.25, -0.2) is 4.98 Å². The van der Waals surface area contributed by atoms with Crippen LogP contribution in [0.5, 0.6) is 11.5 Å². The summed E-state index contributed by atoms with van der Waals surface area (Å²) in [6.45, 7) is 0. The third-order valence-corrected chi connectivity index (χ3v) is 4.00. The highest BCUT2D eigenvalue weighted by molar-refractivity contribution is 6.67. The third kappa shape index (κ3) is 2.54. The predicted molar refractivity (Wildman–Crippen MR) is 91.6 cm³/mol. The lowest BCUT2D eigenvalue weighted by Gasteiger charge is -2.18. The molecule has 0 radical (unpaired) electrons. The summed E-state index contributed by atoms with van der Waals surface area (Å²) < 4.78 is 9.16. The van der Waals surface area contributed by atoms with Crippen LogP contribution < -0.4 is 9.47 Å². The van der Waals surface area contributed by atoms with Crippen LogP contribution in [-0.2, 0) is 3.79 Å². The van der Waals surface area contributed by atoms with Crippen molar-refractivity contribution in [2.45, 2.75) is 3.79 Å². The fraction of sp³-hybridized carbons (Fsp3) is 0.188. The van der Waals surface area contributed by atoms with E-state index < -0.39 is 3.79 Å². The van der Waals surface area contributed by atoms with Crippen molar-refractivity contribution < 1.29 is 9.47 Å².